The molecule has 1 aromatic carbocycles. The molecule has 0 bridgehead atoms. The Morgan fingerprint density at radius 1 is 1.37 bits per heavy atom. The SMILES string of the molecule is Cc1cc(C(=O)O)nc(Cc2ccc(F)cc2Cl)n1. The van der Waals surface area contributed by atoms with E-state index in [2.05, 4.69) is 9.97 Å². The number of carboxylic acids is 1. The maximum Gasteiger partial charge on any atom is 0.354 e. The predicted molar refractivity (Wildman–Crippen MR) is 67.9 cm³/mol. The molecule has 4 nitrogen and oxygen atoms in total. The molecule has 2 aromatic rings. The van der Waals surface area contributed by atoms with Crippen LogP contribution in [0, 0.1) is 12.7 Å². The molecule has 6 heteroatoms. The van der Waals surface area contributed by atoms with Crippen molar-refractivity contribution in [1.29, 1.82) is 0 Å². The van der Waals surface area contributed by atoms with Crippen LogP contribution >= 0.6 is 11.6 Å². The molecule has 0 saturated heterocycles. The fourth-order valence-electron chi connectivity index (χ4n) is 1.65. The van der Waals surface area contributed by atoms with Gasteiger partial charge in [-0.1, -0.05) is 17.7 Å². The van der Waals surface area contributed by atoms with Gasteiger partial charge in [0.25, 0.3) is 0 Å². The minimum atomic E-state index is -1.11. The molecule has 0 radical (unpaired) electrons. The molecule has 0 fully saturated rings. The van der Waals surface area contributed by atoms with E-state index in [0.717, 1.165) is 0 Å². The van der Waals surface area contributed by atoms with Crippen LogP contribution in [0.15, 0.2) is 24.3 Å². The monoisotopic (exact) mass is 280 g/mol. The molecule has 0 amide bonds. The Morgan fingerprint density at radius 2 is 2.11 bits per heavy atom. The van der Waals surface area contributed by atoms with Crippen LogP contribution in [-0.2, 0) is 6.42 Å². The summed E-state index contributed by atoms with van der Waals surface area (Å²) in [4.78, 5) is 19.0. The highest BCUT2D eigenvalue weighted by Crippen LogP contribution is 2.19. The Bertz CT molecular complexity index is 647. The van der Waals surface area contributed by atoms with Crippen LogP contribution in [0.1, 0.15) is 27.6 Å². The van der Waals surface area contributed by atoms with E-state index >= 15 is 0 Å². The average molecular weight is 281 g/mol. The normalized spacial score (nSPS) is 10.5. The lowest BCUT2D eigenvalue weighted by atomic mass is 10.1. The van der Waals surface area contributed by atoms with Gasteiger partial charge in [0, 0.05) is 17.1 Å². The number of aromatic nitrogens is 2. The Balaban J connectivity index is 2.35. The number of benzene rings is 1. The lowest BCUT2D eigenvalue weighted by Gasteiger charge is -2.05. The molecule has 0 spiro atoms. The first-order valence-electron chi connectivity index (χ1n) is 5.47. The van der Waals surface area contributed by atoms with Crippen molar-refractivity contribution < 1.29 is 14.3 Å². The van der Waals surface area contributed by atoms with Gasteiger partial charge in [0.05, 0.1) is 0 Å². The standard InChI is InChI=1S/C13H10ClFN2O2/c1-7-4-11(13(18)19)17-12(16-7)5-8-2-3-9(15)6-10(8)14/h2-4,6H,5H2,1H3,(H,18,19). The van der Waals surface area contributed by atoms with E-state index in [-0.39, 0.29) is 17.1 Å². The van der Waals surface area contributed by atoms with Crippen molar-refractivity contribution in [3.8, 4) is 0 Å². The lowest BCUT2D eigenvalue weighted by molar-refractivity contribution is 0.0689. The van der Waals surface area contributed by atoms with Crippen molar-refractivity contribution in [2.45, 2.75) is 13.3 Å². The van der Waals surface area contributed by atoms with Crippen LogP contribution in [0.2, 0.25) is 5.02 Å². The van der Waals surface area contributed by atoms with E-state index in [1.807, 2.05) is 0 Å². The first kappa shape index (κ1) is 13.4. The Morgan fingerprint density at radius 3 is 2.74 bits per heavy atom. The molecule has 1 heterocycles. The van der Waals surface area contributed by atoms with Gasteiger partial charge in [-0.3, -0.25) is 0 Å². The summed E-state index contributed by atoms with van der Waals surface area (Å²) in [6, 6.07) is 5.40. The van der Waals surface area contributed by atoms with E-state index < -0.39 is 11.8 Å². The molecular formula is C13H10ClFN2O2. The van der Waals surface area contributed by atoms with Gasteiger partial charge >= 0.3 is 5.97 Å². The summed E-state index contributed by atoms with van der Waals surface area (Å²) in [6.45, 7) is 1.68. The lowest BCUT2D eigenvalue weighted by Crippen LogP contribution is -2.07. The summed E-state index contributed by atoms with van der Waals surface area (Å²) in [5.41, 5.74) is 1.13. The number of hydrogen-bond acceptors (Lipinski definition) is 3. The summed E-state index contributed by atoms with van der Waals surface area (Å²) < 4.78 is 12.9. The van der Waals surface area contributed by atoms with Crippen LogP contribution in [0.3, 0.4) is 0 Å². The fraction of sp³-hybridized carbons (Fsp3) is 0.154. The molecule has 0 aliphatic rings. The van der Waals surface area contributed by atoms with Crippen LogP contribution in [0.4, 0.5) is 4.39 Å². The maximum atomic E-state index is 12.9. The summed E-state index contributed by atoms with van der Waals surface area (Å²) in [7, 11) is 0. The molecule has 2 rings (SSSR count). The number of aromatic carboxylic acids is 1. The highest BCUT2D eigenvalue weighted by molar-refractivity contribution is 6.31. The van der Waals surface area contributed by atoms with Crippen LogP contribution in [0.5, 0.6) is 0 Å². The molecule has 98 valence electrons. The highest BCUT2D eigenvalue weighted by atomic mass is 35.5. The van der Waals surface area contributed by atoms with Crippen molar-refractivity contribution in [2.24, 2.45) is 0 Å². The van der Waals surface area contributed by atoms with Crippen molar-refractivity contribution in [2.75, 3.05) is 0 Å². The zero-order valence-electron chi connectivity index (χ0n) is 10.0. The number of nitrogens with zero attached hydrogens (tertiary/aromatic N) is 2. The number of hydrogen-bond donors (Lipinski definition) is 1. The number of carboxylic acid groups (broad SMARTS) is 1. The van der Waals surface area contributed by atoms with Crippen LogP contribution in [-0.4, -0.2) is 21.0 Å². The smallest absolute Gasteiger partial charge is 0.354 e. The molecule has 0 aliphatic heterocycles. The Labute approximate surface area is 113 Å². The maximum absolute atomic E-state index is 12.9. The Hall–Kier alpha value is -2.01. The van der Waals surface area contributed by atoms with Gasteiger partial charge in [-0.2, -0.15) is 0 Å². The zero-order chi connectivity index (χ0) is 14.0. The number of carbonyl (C=O) groups is 1. The van der Waals surface area contributed by atoms with Crippen molar-refractivity contribution >= 4 is 17.6 Å². The van der Waals surface area contributed by atoms with E-state index in [0.29, 0.717) is 17.1 Å². The summed E-state index contributed by atoms with van der Waals surface area (Å²) in [5.74, 6) is -1.20. The quantitative estimate of drug-likeness (QED) is 0.939. The van der Waals surface area contributed by atoms with Gasteiger partial charge < -0.3 is 5.11 Å². The molecule has 0 atom stereocenters. The first-order valence-corrected chi connectivity index (χ1v) is 5.85. The van der Waals surface area contributed by atoms with E-state index in [1.165, 1.54) is 24.3 Å². The van der Waals surface area contributed by atoms with Crippen LogP contribution in [0.25, 0.3) is 0 Å². The second-order valence-electron chi connectivity index (χ2n) is 4.03. The predicted octanol–water partition coefficient (Wildman–Crippen LogP) is 2.87. The highest BCUT2D eigenvalue weighted by Gasteiger charge is 2.11. The minimum absolute atomic E-state index is 0.0688. The summed E-state index contributed by atoms with van der Waals surface area (Å²) in [6.07, 6.45) is 0.251. The van der Waals surface area contributed by atoms with Crippen LogP contribution < -0.4 is 0 Å². The molecule has 0 saturated carbocycles. The largest absolute Gasteiger partial charge is 0.477 e. The first-order chi connectivity index (χ1) is 8.95. The molecule has 0 aliphatic carbocycles. The van der Waals surface area contributed by atoms with E-state index in [4.69, 9.17) is 16.7 Å². The third-order valence-corrected chi connectivity index (χ3v) is 2.84. The number of halogens is 2. The second-order valence-corrected chi connectivity index (χ2v) is 4.44. The second kappa shape index (κ2) is 5.32. The van der Waals surface area contributed by atoms with Gasteiger partial charge in [-0.25, -0.2) is 19.2 Å². The van der Waals surface area contributed by atoms with Gasteiger partial charge in [-0.05, 0) is 30.7 Å². The average Bonchev–Trinajstić information content (AvgIpc) is 2.32. The molecule has 1 N–H and O–H groups in total. The van der Waals surface area contributed by atoms with Gasteiger partial charge in [0.1, 0.15) is 11.6 Å². The third-order valence-electron chi connectivity index (χ3n) is 2.48. The Kier molecular flexibility index (Phi) is 3.76. The summed E-state index contributed by atoms with van der Waals surface area (Å²) >= 11 is 5.91. The van der Waals surface area contributed by atoms with Crippen molar-refractivity contribution in [1.82, 2.24) is 9.97 Å². The minimum Gasteiger partial charge on any atom is -0.477 e. The summed E-state index contributed by atoms with van der Waals surface area (Å²) in [5, 5.41) is 9.19. The number of aryl methyl sites for hydroxylation is 1. The number of rotatable bonds is 3. The molecular weight excluding hydrogens is 271 g/mol. The topological polar surface area (TPSA) is 63.1 Å². The molecule has 0 unspecified atom stereocenters. The van der Waals surface area contributed by atoms with E-state index in [1.54, 1.807) is 6.92 Å². The van der Waals surface area contributed by atoms with Gasteiger partial charge in [-0.15, -0.1) is 0 Å². The third kappa shape index (κ3) is 3.26. The molecule has 1 aromatic heterocycles. The van der Waals surface area contributed by atoms with E-state index in [9.17, 15) is 9.18 Å². The molecule has 19 heavy (non-hydrogen) atoms. The fourth-order valence-corrected chi connectivity index (χ4v) is 1.89. The van der Waals surface area contributed by atoms with Crippen molar-refractivity contribution in [3.63, 3.8) is 0 Å². The van der Waals surface area contributed by atoms with Crippen molar-refractivity contribution in [3.05, 3.63) is 57.9 Å². The van der Waals surface area contributed by atoms with Gasteiger partial charge in [0.15, 0.2) is 5.69 Å². The zero-order valence-corrected chi connectivity index (χ0v) is 10.8. The van der Waals surface area contributed by atoms with Gasteiger partial charge in [0.2, 0.25) is 0 Å².